The van der Waals surface area contributed by atoms with Gasteiger partial charge in [-0.3, -0.25) is 9.59 Å². The minimum absolute atomic E-state index is 0.0345. The Bertz CT molecular complexity index is 4480. The summed E-state index contributed by atoms with van der Waals surface area (Å²) < 4.78 is 4.77. The molecule has 0 N–H and O–H groups in total. The molecule has 0 aliphatic heterocycles. The molecule has 2 unspecified atom stereocenters. The first-order chi connectivity index (χ1) is 38.1. The fourth-order valence-corrected chi connectivity index (χ4v) is 13.4. The number of ketones is 2. The predicted molar refractivity (Wildman–Crippen MR) is 321 cm³/mol. The Morgan fingerprint density at radius 3 is 1.18 bits per heavy atom. The van der Waals surface area contributed by atoms with E-state index in [0.717, 1.165) is 55.8 Å². The molecule has 2 aromatic heterocycles. The zero-order chi connectivity index (χ0) is 52.9. The van der Waals surface area contributed by atoms with Crippen LogP contribution in [0.4, 0.5) is 0 Å². The number of hydrogen-bond acceptors (Lipinski definition) is 2. The summed E-state index contributed by atoms with van der Waals surface area (Å²) in [7, 11) is 0. The van der Waals surface area contributed by atoms with Crippen LogP contribution < -0.4 is 0 Å². The van der Waals surface area contributed by atoms with Crippen molar-refractivity contribution in [2.24, 2.45) is 0 Å². The number of hydrogen-bond donors (Lipinski definition) is 0. The van der Waals surface area contributed by atoms with E-state index in [4.69, 9.17) is 0 Å². The average molecular weight is 1000 g/mol. The molecule has 0 saturated carbocycles. The van der Waals surface area contributed by atoms with E-state index in [0.29, 0.717) is 11.1 Å². The van der Waals surface area contributed by atoms with Crippen LogP contribution in [0, 0.1) is 6.92 Å². The Morgan fingerprint density at radius 2 is 0.718 bits per heavy atom. The lowest BCUT2D eigenvalue weighted by Crippen LogP contribution is -2.44. The molecule has 13 aromatic rings. The lowest BCUT2D eigenvalue weighted by Gasteiger charge is -2.50. The van der Waals surface area contributed by atoms with Crippen LogP contribution in [0.2, 0.25) is 0 Å². The van der Waals surface area contributed by atoms with Gasteiger partial charge in [0.2, 0.25) is 0 Å². The SMILES string of the molecule is CC(=O)c1cccc(-c2ccc(C3(c4ccc(-n5c6ccccc6c6ccccc65)cc4)c4ccccc4C(C)(c4ccc(-n5c6ccccc6c6ccccc65)cc4)c4cc(-c5cccc(C(C)=O)c5)ccc43)c(C)c2)c1. The van der Waals surface area contributed by atoms with Crippen molar-refractivity contribution in [2.45, 2.75) is 38.5 Å². The van der Waals surface area contributed by atoms with Gasteiger partial charge in [-0.2, -0.15) is 0 Å². The second kappa shape index (κ2) is 18.0. The van der Waals surface area contributed by atoms with Crippen molar-refractivity contribution in [1.29, 1.82) is 0 Å². The zero-order valence-electron chi connectivity index (χ0n) is 44.0. The minimum atomic E-state index is -0.822. The quantitative estimate of drug-likeness (QED) is 0.135. The largest absolute Gasteiger partial charge is 0.309 e. The van der Waals surface area contributed by atoms with Gasteiger partial charge in [0, 0.05) is 49.5 Å². The van der Waals surface area contributed by atoms with Crippen molar-refractivity contribution in [3.63, 3.8) is 0 Å². The van der Waals surface area contributed by atoms with Crippen LogP contribution in [0.25, 0.3) is 77.2 Å². The number of para-hydroxylation sites is 4. The van der Waals surface area contributed by atoms with Crippen molar-refractivity contribution in [2.75, 3.05) is 0 Å². The molecule has 0 amide bonds. The van der Waals surface area contributed by atoms with E-state index >= 15 is 0 Å². The number of fused-ring (bicyclic) bond motifs is 8. The molecule has 14 rings (SSSR count). The molecular weight excluding hydrogens is 949 g/mol. The molecule has 0 radical (unpaired) electrons. The molecule has 2 heterocycles. The normalized spacial score (nSPS) is 15.9. The number of benzene rings is 11. The highest BCUT2D eigenvalue weighted by molar-refractivity contribution is 6.10. The summed E-state index contributed by atoms with van der Waals surface area (Å²) in [6, 6.07) is 92.3. The molecule has 0 spiro atoms. The van der Waals surface area contributed by atoms with Gasteiger partial charge in [0.15, 0.2) is 11.6 Å². The topological polar surface area (TPSA) is 44.0 Å². The second-order valence-electron chi connectivity index (χ2n) is 21.3. The molecule has 0 fully saturated rings. The molecule has 1 aliphatic rings. The van der Waals surface area contributed by atoms with Crippen LogP contribution in [0.1, 0.15) is 86.0 Å². The van der Waals surface area contributed by atoms with Gasteiger partial charge in [-0.15, -0.1) is 0 Å². The van der Waals surface area contributed by atoms with Crippen molar-refractivity contribution in [1.82, 2.24) is 9.13 Å². The van der Waals surface area contributed by atoms with Crippen LogP contribution in [0.15, 0.2) is 255 Å². The Balaban J connectivity index is 1.04. The smallest absolute Gasteiger partial charge is 0.159 e. The summed E-state index contributed by atoms with van der Waals surface area (Å²) >= 11 is 0. The Labute approximate surface area is 454 Å². The molecule has 11 aromatic carbocycles. The molecule has 1 aliphatic carbocycles. The van der Waals surface area contributed by atoms with Gasteiger partial charge in [-0.25, -0.2) is 0 Å². The third-order valence-corrected chi connectivity index (χ3v) is 17.1. The van der Waals surface area contributed by atoms with Crippen molar-refractivity contribution >= 4 is 55.2 Å². The summed E-state index contributed by atoms with van der Waals surface area (Å²) in [6.45, 7) is 7.91. The van der Waals surface area contributed by atoms with E-state index in [1.165, 1.54) is 66.0 Å². The van der Waals surface area contributed by atoms with E-state index < -0.39 is 10.8 Å². The van der Waals surface area contributed by atoms with E-state index in [1.54, 1.807) is 13.8 Å². The standard InChI is InChI=1S/C74H54N2O2/c1-47-43-54(52-19-15-17-50(44-52)48(2)77)31-41-64(47)74(57-35-39-59(40-36-57)76-71-29-13-7-23-62(71)63-24-8-14-30-72(63)76)66-26-10-9-25-65(66)73(4,68-46-55(32-42-67(68)74)53-20-16-18-51(45-53)49(3)78)56-33-37-58(38-34-56)75-69-27-11-5-21-60(69)61-22-6-12-28-70(61)75/h5-46H,1-4H3. The van der Waals surface area contributed by atoms with Crippen LogP contribution in [0.3, 0.4) is 0 Å². The highest BCUT2D eigenvalue weighted by Crippen LogP contribution is 2.59. The third-order valence-electron chi connectivity index (χ3n) is 17.1. The number of Topliss-reactive ketones (excluding diaryl/α,β-unsaturated/α-hetero) is 2. The zero-order valence-corrected chi connectivity index (χ0v) is 44.0. The van der Waals surface area contributed by atoms with E-state index in [2.05, 4.69) is 241 Å². The van der Waals surface area contributed by atoms with Gasteiger partial charge < -0.3 is 9.13 Å². The van der Waals surface area contributed by atoms with Crippen LogP contribution >= 0.6 is 0 Å². The fraction of sp³-hybridized carbons (Fsp3) is 0.0811. The number of aromatic nitrogens is 2. The number of carbonyl (C=O) groups excluding carboxylic acids is 2. The molecule has 78 heavy (non-hydrogen) atoms. The van der Waals surface area contributed by atoms with Crippen molar-refractivity contribution in [3.05, 3.63) is 310 Å². The Kier molecular flexibility index (Phi) is 10.8. The molecule has 2 atom stereocenters. The van der Waals surface area contributed by atoms with Gasteiger partial charge >= 0.3 is 0 Å². The molecule has 372 valence electrons. The number of rotatable bonds is 9. The maximum Gasteiger partial charge on any atom is 0.159 e. The molecular formula is C74H54N2O2. The maximum atomic E-state index is 12.9. The summed E-state index contributed by atoms with van der Waals surface area (Å²) in [5, 5.41) is 4.90. The molecule has 4 heteroatoms. The van der Waals surface area contributed by atoms with E-state index in [-0.39, 0.29) is 11.6 Å². The first kappa shape index (κ1) is 46.9. The molecule has 0 saturated heterocycles. The summed E-state index contributed by atoms with van der Waals surface area (Å²) in [5.74, 6) is 0.0768. The van der Waals surface area contributed by atoms with E-state index in [9.17, 15) is 9.59 Å². The van der Waals surface area contributed by atoms with Crippen LogP contribution in [-0.4, -0.2) is 20.7 Å². The average Bonchev–Trinajstić information content (AvgIpc) is 4.11. The highest BCUT2D eigenvalue weighted by atomic mass is 16.1. The second-order valence-corrected chi connectivity index (χ2v) is 21.3. The number of carbonyl (C=O) groups is 2. The lowest BCUT2D eigenvalue weighted by molar-refractivity contribution is 0.100. The Hall–Kier alpha value is -9.64. The minimum Gasteiger partial charge on any atom is -0.309 e. The van der Waals surface area contributed by atoms with Gasteiger partial charge in [0.1, 0.15) is 0 Å². The summed E-state index contributed by atoms with van der Waals surface area (Å²) in [4.78, 5) is 25.6. The molecule has 4 nitrogen and oxygen atoms in total. The number of nitrogens with zero attached hydrogens (tertiary/aromatic N) is 2. The highest BCUT2D eigenvalue weighted by Gasteiger charge is 2.52. The monoisotopic (exact) mass is 1000 g/mol. The van der Waals surface area contributed by atoms with Gasteiger partial charge in [-0.1, -0.05) is 188 Å². The summed E-state index contributed by atoms with van der Waals surface area (Å²) in [6.07, 6.45) is 0. The number of aryl methyl sites for hydroxylation is 1. The molecule has 0 bridgehead atoms. The third kappa shape index (κ3) is 6.99. The van der Waals surface area contributed by atoms with Gasteiger partial charge in [0.25, 0.3) is 0 Å². The summed E-state index contributed by atoms with van der Waals surface area (Å²) in [5.41, 5.74) is 20.2. The fourth-order valence-electron chi connectivity index (χ4n) is 13.4. The van der Waals surface area contributed by atoms with Crippen LogP contribution in [0.5, 0.6) is 0 Å². The Morgan fingerprint density at radius 1 is 0.333 bits per heavy atom. The first-order valence-electron chi connectivity index (χ1n) is 26.9. The lowest BCUT2D eigenvalue weighted by atomic mass is 9.52. The van der Waals surface area contributed by atoms with E-state index in [1.807, 2.05) is 36.4 Å². The first-order valence-corrected chi connectivity index (χ1v) is 26.9. The van der Waals surface area contributed by atoms with Gasteiger partial charge in [-0.05, 0) is 161 Å². The predicted octanol–water partition coefficient (Wildman–Crippen LogP) is 18.0. The van der Waals surface area contributed by atoms with Crippen molar-refractivity contribution in [3.8, 4) is 33.6 Å². The van der Waals surface area contributed by atoms with Crippen molar-refractivity contribution < 1.29 is 9.59 Å². The van der Waals surface area contributed by atoms with Crippen LogP contribution in [-0.2, 0) is 10.8 Å². The van der Waals surface area contributed by atoms with Gasteiger partial charge in [0.05, 0.1) is 27.5 Å². The maximum absolute atomic E-state index is 12.9.